The van der Waals surface area contributed by atoms with Crippen molar-refractivity contribution in [2.24, 2.45) is 0 Å². The van der Waals surface area contributed by atoms with E-state index in [9.17, 15) is 18.4 Å². The number of nitrogens with zero attached hydrogens (tertiary/aromatic N) is 1. The number of hydrogen-bond acceptors (Lipinski definition) is 3. The Balaban J connectivity index is 2.07. The van der Waals surface area contributed by atoms with Gasteiger partial charge in [-0.3, -0.25) is 9.59 Å². The molecule has 1 aliphatic heterocycles. The van der Waals surface area contributed by atoms with Gasteiger partial charge in [0.2, 0.25) is 11.8 Å². The lowest BCUT2D eigenvalue weighted by Crippen LogP contribution is -2.44. The average Bonchev–Trinajstić information content (AvgIpc) is 2.88. The summed E-state index contributed by atoms with van der Waals surface area (Å²) in [5.74, 6) is -1.80. The van der Waals surface area contributed by atoms with Crippen molar-refractivity contribution in [3.05, 3.63) is 35.4 Å². The molecule has 1 aromatic rings. The summed E-state index contributed by atoms with van der Waals surface area (Å²) in [6.07, 6.45) is 0.752. The van der Waals surface area contributed by atoms with Gasteiger partial charge in [0.1, 0.15) is 17.7 Å². The molecule has 2 rings (SSSR count). The molecule has 1 heterocycles. The number of carbonyl (C=O) groups excluding carboxylic acids is 2. The van der Waals surface area contributed by atoms with Crippen LogP contribution in [-0.2, 0) is 9.59 Å². The zero-order valence-electron chi connectivity index (χ0n) is 12.5. The molecule has 1 aliphatic rings. The highest BCUT2D eigenvalue weighted by Gasteiger charge is 2.28. The third kappa shape index (κ3) is 3.59. The fourth-order valence-electron chi connectivity index (χ4n) is 2.50. The van der Waals surface area contributed by atoms with Crippen molar-refractivity contribution in [3.63, 3.8) is 0 Å². The number of carbonyl (C=O) groups is 2. The fraction of sp³-hybridized carbons (Fsp3) is 0.467. The average molecular weight is 311 g/mol. The number of benzene rings is 1. The van der Waals surface area contributed by atoms with Gasteiger partial charge in [0.25, 0.3) is 0 Å². The molecule has 5 nitrogen and oxygen atoms in total. The molecule has 0 spiro atoms. The Morgan fingerprint density at radius 2 is 2.05 bits per heavy atom. The molecule has 2 N–H and O–H groups in total. The summed E-state index contributed by atoms with van der Waals surface area (Å²) in [5, 5.41) is 5.21. The largest absolute Gasteiger partial charge is 0.352 e. The van der Waals surface area contributed by atoms with Crippen LogP contribution in [0.4, 0.5) is 8.78 Å². The Bertz CT molecular complexity index is 558. The first-order chi connectivity index (χ1) is 10.4. The minimum atomic E-state index is -0.651. The lowest BCUT2D eigenvalue weighted by atomic mass is 10.0. The van der Waals surface area contributed by atoms with Gasteiger partial charge in [-0.1, -0.05) is 6.07 Å². The number of hydrogen-bond donors (Lipinski definition) is 2. The summed E-state index contributed by atoms with van der Waals surface area (Å²) in [5.41, 5.74) is -0.0803. The molecule has 1 saturated heterocycles. The summed E-state index contributed by atoms with van der Waals surface area (Å²) in [6, 6.07) is 2.47. The summed E-state index contributed by atoms with van der Waals surface area (Å²) < 4.78 is 27.8. The zero-order valence-corrected chi connectivity index (χ0v) is 12.5. The van der Waals surface area contributed by atoms with E-state index in [1.807, 2.05) is 0 Å². The van der Waals surface area contributed by atoms with Gasteiger partial charge in [-0.05, 0) is 32.6 Å². The van der Waals surface area contributed by atoms with Crippen molar-refractivity contribution in [1.29, 1.82) is 0 Å². The highest BCUT2D eigenvalue weighted by Crippen LogP contribution is 2.24. The van der Waals surface area contributed by atoms with Crippen molar-refractivity contribution < 1.29 is 18.4 Å². The number of nitrogens with one attached hydrogen (secondary N) is 2. The second-order valence-corrected chi connectivity index (χ2v) is 5.52. The molecule has 0 bridgehead atoms. The maximum absolute atomic E-state index is 13.9. The Labute approximate surface area is 127 Å². The topological polar surface area (TPSA) is 61.4 Å². The molecule has 2 amide bonds. The Hall–Kier alpha value is -2.02. The molecule has 22 heavy (non-hydrogen) atoms. The van der Waals surface area contributed by atoms with Crippen LogP contribution in [0, 0.1) is 11.6 Å². The molecular weight excluding hydrogens is 292 g/mol. The van der Waals surface area contributed by atoms with Crippen molar-refractivity contribution in [1.82, 2.24) is 15.5 Å². The first kappa shape index (κ1) is 16.4. The number of likely N-dealkylation sites (N-methyl/N-ethyl adjacent to an activating group) is 1. The predicted molar refractivity (Wildman–Crippen MR) is 77.0 cm³/mol. The van der Waals surface area contributed by atoms with E-state index in [-0.39, 0.29) is 23.9 Å². The smallest absolute Gasteiger partial charge is 0.242 e. The van der Waals surface area contributed by atoms with Crippen LogP contribution >= 0.6 is 0 Å². The quantitative estimate of drug-likeness (QED) is 0.851. The Kier molecular flexibility index (Phi) is 5.07. The molecular formula is C15H19F2N3O2. The van der Waals surface area contributed by atoms with E-state index in [4.69, 9.17) is 0 Å². The highest BCUT2D eigenvalue weighted by atomic mass is 19.1. The van der Waals surface area contributed by atoms with Crippen molar-refractivity contribution >= 4 is 11.8 Å². The van der Waals surface area contributed by atoms with Crippen LogP contribution in [0.25, 0.3) is 0 Å². The SMILES string of the molecule is CN(C)[C@@H](CNC(=O)[C@@H]1CCC(=O)N1)c1c(F)cccc1F. The lowest BCUT2D eigenvalue weighted by molar-refractivity contribution is -0.125. The lowest BCUT2D eigenvalue weighted by Gasteiger charge is -2.26. The van der Waals surface area contributed by atoms with Gasteiger partial charge < -0.3 is 15.5 Å². The van der Waals surface area contributed by atoms with Crippen LogP contribution in [0.5, 0.6) is 0 Å². The molecule has 120 valence electrons. The van der Waals surface area contributed by atoms with Crippen LogP contribution in [0.2, 0.25) is 0 Å². The summed E-state index contributed by atoms with van der Waals surface area (Å²) in [4.78, 5) is 24.7. The van der Waals surface area contributed by atoms with Crippen molar-refractivity contribution in [3.8, 4) is 0 Å². The summed E-state index contributed by atoms with van der Waals surface area (Å²) in [7, 11) is 3.36. The molecule has 0 saturated carbocycles. The first-order valence-electron chi connectivity index (χ1n) is 7.07. The maximum atomic E-state index is 13.9. The molecule has 1 fully saturated rings. The number of rotatable bonds is 5. The van der Waals surface area contributed by atoms with Crippen LogP contribution in [-0.4, -0.2) is 43.4 Å². The van der Waals surface area contributed by atoms with E-state index in [0.29, 0.717) is 12.8 Å². The van der Waals surface area contributed by atoms with Gasteiger partial charge in [0.05, 0.1) is 6.04 Å². The molecule has 1 aromatic carbocycles. The van der Waals surface area contributed by atoms with Crippen LogP contribution < -0.4 is 10.6 Å². The second kappa shape index (κ2) is 6.83. The molecule has 0 aromatic heterocycles. The van der Waals surface area contributed by atoms with E-state index in [0.717, 1.165) is 0 Å². The van der Waals surface area contributed by atoms with E-state index < -0.39 is 23.7 Å². The van der Waals surface area contributed by atoms with Crippen LogP contribution in [0.1, 0.15) is 24.4 Å². The van der Waals surface area contributed by atoms with Gasteiger partial charge in [-0.2, -0.15) is 0 Å². The zero-order chi connectivity index (χ0) is 16.3. The van der Waals surface area contributed by atoms with E-state index in [1.165, 1.54) is 18.2 Å². The van der Waals surface area contributed by atoms with Crippen LogP contribution in [0.3, 0.4) is 0 Å². The highest BCUT2D eigenvalue weighted by molar-refractivity contribution is 5.90. The molecule has 0 radical (unpaired) electrons. The van der Waals surface area contributed by atoms with E-state index >= 15 is 0 Å². The third-order valence-corrected chi connectivity index (χ3v) is 3.74. The monoisotopic (exact) mass is 311 g/mol. The minimum absolute atomic E-state index is 0.0516. The second-order valence-electron chi connectivity index (χ2n) is 5.52. The first-order valence-corrected chi connectivity index (χ1v) is 7.07. The fourth-order valence-corrected chi connectivity index (χ4v) is 2.50. The molecule has 2 atom stereocenters. The Morgan fingerprint density at radius 3 is 2.55 bits per heavy atom. The predicted octanol–water partition coefficient (Wildman–Crippen LogP) is 0.962. The van der Waals surface area contributed by atoms with Gasteiger partial charge >= 0.3 is 0 Å². The van der Waals surface area contributed by atoms with Gasteiger partial charge in [0.15, 0.2) is 0 Å². The summed E-state index contributed by atoms with van der Waals surface area (Å²) in [6.45, 7) is 0.0516. The number of halogens is 2. The maximum Gasteiger partial charge on any atom is 0.242 e. The van der Waals surface area contributed by atoms with Crippen LogP contribution in [0.15, 0.2) is 18.2 Å². The standard InChI is InChI=1S/C15H19F2N3O2/c1-20(2)12(14-9(16)4-3-5-10(14)17)8-18-15(22)11-6-7-13(21)19-11/h3-5,11-12H,6-8H2,1-2H3,(H,18,22)(H,19,21)/t11-,12-/m0/s1. The molecule has 0 unspecified atom stereocenters. The molecule has 7 heteroatoms. The van der Waals surface area contributed by atoms with Crippen molar-refractivity contribution in [2.75, 3.05) is 20.6 Å². The minimum Gasteiger partial charge on any atom is -0.352 e. The van der Waals surface area contributed by atoms with E-state index in [1.54, 1.807) is 19.0 Å². The third-order valence-electron chi connectivity index (χ3n) is 3.74. The van der Waals surface area contributed by atoms with Gasteiger partial charge in [-0.15, -0.1) is 0 Å². The van der Waals surface area contributed by atoms with Gasteiger partial charge in [-0.25, -0.2) is 8.78 Å². The van der Waals surface area contributed by atoms with Crippen molar-refractivity contribution in [2.45, 2.75) is 24.9 Å². The summed E-state index contributed by atoms with van der Waals surface area (Å²) >= 11 is 0. The molecule has 0 aliphatic carbocycles. The Morgan fingerprint density at radius 1 is 1.41 bits per heavy atom. The number of amides is 2. The van der Waals surface area contributed by atoms with Gasteiger partial charge in [0, 0.05) is 18.5 Å². The normalized spacial score (nSPS) is 19.1. The van der Waals surface area contributed by atoms with E-state index in [2.05, 4.69) is 10.6 Å².